The van der Waals surface area contributed by atoms with Crippen molar-refractivity contribution in [2.75, 3.05) is 16.4 Å². The summed E-state index contributed by atoms with van der Waals surface area (Å²) in [7, 11) is 0. The minimum absolute atomic E-state index is 0.0664. The number of nitrogens with one attached hydrogen (secondary N) is 2. The molecule has 1 amide bonds. The highest BCUT2D eigenvalue weighted by Crippen LogP contribution is 2.36. The van der Waals surface area contributed by atoms with Crippen LogP contribution in [0.1, 0.15) is 0 Å². The first-order valence-electron chi connectivity index (χ1n) is 7.85. The van der Waals surface area contributed by atoms with Gasteiger partial charge in [0.15, 0.2) is 5.17 Å². The molecule has 4 nitrogen and oxygen atoms in total. The van der Waals surface area contributed by atoms with Crippen LogP contribution in [0.15, 0.2) is 59.6 Å². The number of hydrogen-bond donors (Lipinski definition) is 2. The van der Waals surface area contributed by atoms with Crippen molar-refractivity contribution < 1.29 is 9.18 Å². The molecule has 0 atom stereocenters. The lowest BCUT2D eigenvalue weighted by molar-refractivity contribution is -0.113. The van der Waals surface area contributed by atoms with E-state index in [0.29, 0.717) is 10.2 Å². The third kappa shape index (κ3) is 3.38. The van der Waals surface area contributed by atoms with Crippen molar-refractivity contribution in [1.29, 1.82) is 0 Å². The van der Waals surface area contributed by atoms with Crippen LogP contribution in [0, 0.1) is 5.82 Å². The van der Waals surface area contributed by atoms with E-state index in [1.165, 1.54) is 30.0 Å². The first kappa shape index (κ1) is 16.9. The molecule has 130 valence electrons. The Balaban J connectivity index is 1.47. The lowest BCUT2D eigenvalue weighted by Gasteiger charge is -2.18. The number of amidine groups is 1. The summed E-state index contributed by atoms with van der Waals surface area (Å²) in [6.07, 6.45) is 0. The number of benzene rings is 3. The quantitative estimate of drug-likeness (QED) is 0.633. The van der Waals surface area contributed by atoms with Crippen LogP contribution in [0.25, 0.3) is 10.8 Å². The van der Waals surface area contributed by atoms with Crippen LogP contribution in [0.2, 0.25) is 5.02 Å². The maximum absolute atomic E-state index is 13.7. The van der Waals surface area contributed by atoms with Crippen molar-refractivity contribution in [1.82, 2.24) is 0 Å². The summed E-state index contributed by atoms with van der Waals surface area (Å²) in [5, 5.41) is 8.91. The van der Waals surface area contributed by atoms with Gasteiger partial charge < -0.3 is 10.6 Å². The number of carbonyl (C=O) groups is 1. The smallest absolute Gasteiger partial charge is 0.234 e. The Morgan fingerprint density at radius 3 is 2.85 bits per heavy atom. The Hall–Kier alpha value is -2.57. The summed E-state index contributed by atoms with van der Waals surface area (Å²) in [6.45, 7) is 0. The van der Waals surface area contributed by atoms with Gasteiger partial charge >= 0.3 is 0 Å². The van der Waals surface area contributed by atoms with Gasteiger partial charge in [-0.15, -0.1) is 0 Å². The lowest BCUT2D eigenvalue weighted by Crippen LogP contribution is -2.19. The molecule has 0 saturated carbocycles. The Bertz CT molecular complexity index is 1050. The standard InChI is InChI=1S/C19H13ClFN3OS/c20-12-7-8-13(21)16(9-12)22-17(25)10-26-19-23-14-5-1-3-11-4-2-6-15(24-19)18(11)14/h1-9H,10H2,(H,22,25)(H,23,24). The molecule has 2 N–H and O–H groups in total. The number of carbonyl (C=O) groups excluding carboxylic acids is 1. The SMILES string of the molecule is O=C(CSC1=Nc2cccc3cccc(c23)N1)Nc1cc(Cl)ccc1F. The number of hydrogen-bond acceptors (Lipinski definition) is 4. The zero-order valence-electron chi connectivity index (χ0n) is 13.4. The summed E-state index contributed by atoms with van der Waals surface area (Å²) >= 11 is 7.09. The number of thioether (sulfide) groups is 1. The van der Waals surface area contributed by atoms with Gasteiger partial charge in [0.25, 0.3) is 0 Å². The second-order valence-corrected chi connectivity index (χ2v) is 7.08. The molecule has 0 fully saturated rings. The van der Waals surface area contributed by atoms with E-state index in [-0.39, 0.29) is 17.3 Å². The topological polar surface area (TPSA) is 53.5 Å². The van der Waals surface area contributed by atoms with E-state index in [2.05, 4.69) is 15.6 Å². The molecular formula is C19H13ClFN3OS. The molecule has 1 aliphatic rings. The van der Waals surface area contributed by atoms with E-state index in [4.69, 9.17) is 11.6 Å². The average Bonchev–Trinajstić information content (AvgIpc) is 2.63. The summed E-state index contributed by atoms with van der Waals surface area (Å²) in [4.78, 5) is 16.7. The second-order valence-electron chi connectivity index (χ2n) is 5.68. The van der Waals surface area contributed by atoms with Gasteiger partial charge in [0, 0.05) is 10.4 Å². The van der Waals surface area contributed by atoms with Crippen LogP contribution in [0.4, 0.5) is 21.5 Å². The Morgan fingerprint density at radius 1 is 1.19 bits per heavy atom. The minimum atomic E-state index is -0.526. The van der Waals surface area contributed by atoms with Crippen molar-refractivity contribution >= 4 is 62.3 Å². The van der Waals surface area contributed by atoms with Crippen LogP contribution < -0.4 is 10.6 Å². The number of rotatable bonds is 3. The van der Waals surface area contributed by atoms with Crippen LogP contribution in [-0.4, -0.2) is 16.8 Å². The van der Waals surface area contributed by atoms with E-state index >= 15 is 0 Å². The van der Waals surface area contributed by atoms with E-state index in [1.807, 2.05) is 36.4 Å². The molecule has 3 aromatic carbocycles. The van der Waals surface area contributed by atoms with Crippen LogP contribution in [0.5, 0.6) is 0 Å². The fraction of sp³-hybridized carbons (Fsp3) is 0.0526. The highest BCUT2D eigenvalue weighted by molar-refractivity contribution is 8.14. The number of aliphatic imine (C=N–C) groups is 1. The molecule has 7 heteroatoms. The van der Waals surface area contributed by atoms with E-state index in [1.54, 1.807) is 0 Å². The predicted molar refractivity (Wildman–Crippen MR) is 107 cm³/mol. The van der Waals surface area contributed by atoms with Crippen molar-refractivity contribution in [2.24, 2.45) is 4.99 Å². The normalized spacial score (nSPS) is 12.5. The third-order valence-electron chi connectivity index (χ3n) is 3.89. The van der Waals surface area contributed by atoms with Crippen molar-refractivity contribution in [3.05, 3.63) is 65.4 Å². The Labute approximate surface area is 158 Å². The fourth-order valence-electron chi connectivity index (χ4n) is 2.75. The molecule has 4 rings (SSSR count). The molecule has 3 aromatic rings. The highest BCUT2D eigenvalue weighted by Gasteiger charge is 2.16. The van der Waals surface area contributed by atoms with Crippen molar-refractivity contribution in [2.45, 2.75) is 0 Å². The molecule has 0 spiro atoms. The van der Waals surface area contributed by atoms with E-state index in [9.17, 15) is 9.18 Å². The maximum Gasteiger partial charge on any atom is 0.234 e. The van der Waals surface area contributed by atoms with Gasteiger partial charge in [-0.05, 0) is 35.7 Å². The first-order chi connectivity index (χ1) is 12.6. The lowest BCUT2D eigenvalue weighted by atomic mass is 10.1. The molecule has 0 saturated heterocycles. The van der Waals surface area contributed by atoms with Crippen LogP contribution in [-0.2, 0) is 4.79 Å². The van der Waals surface area contributed by atoms with Crippen molar-refractivity contribution in [3.63, 3.8) is 0 Å². The first-order valence-corrected chi connectivity index (χ1v) is 9.22. The maximum atomic E-state index is 13.7. The summed E-state index contributed by atoms with van der Waals surface area (Å²) in [5.74, 6) is -0.769. The van der Waals surface area contributed by atoms with Gasteiger partial charge in [-0.3, -0.25) is 4.79 Å². The van der Waals surface area contributed by atoms with Gasteiger partial charge in [-0.1, -0.05) is 47.6 Å². The molecule has 0 unspecified atom stereocenters. The summed E-state index contributed by atoms with van der Waals surface area (Å²) in [6, 6.07) is 15.9. The molecule has 1 heterocycles. The monoisotopic (exact) mass is 385 g/mol. The Morgan fingerprint density at radius 2 is 2.00 bits per heavy atom. The van der Waals surface area contributed by atoms with Gasteiger partial charge in [0.05, 0.1) is 22.8 Å². The predicted octanol–water partition coefficient (Wildman–Crippen LogP) is 5.42. The molecular weight excluding hydrogens is 373 g/mol. The van der Waals surface area contributed by atoms with E-state index < -0.39 is 5.82 Å². The van der Waals surface area contributed by atoms with Crippen molar-refractivity contribution in [3.8, 4) is 0 Å². The molecule has 0 aliphatic carbocycles. The zero-order valence-corrected chi connectivity index (χ0v) is 15.0. The van der Waals surface area contributed by atoms with Gasteiger partial charge in [0.2, 0.25) is 5.91 Å². The molecule has 0 radical (unpaired) electrons. The number of halogens is 2. The molecule has 0 bridgehead atoms. The van der Waals surface area contributed by atoms with Crippen LogP contribution >= 0.6 is 23.4 Å². The summed E-state index contributed by atoms with van der Waals surface area (Å²) in [5.41, 5.74) is 1.88. The molecule has 26 heavy (non-hydrogen) atoms. The van der Waals surface area contributed by atoms with Crippen LogP contribution in [0.3, 0.4) is 0 Å². The number of amides is 1. The average molecular weight is 386 g/mol. The highest BCUT2D eigenvalue weighted by atomic mass is 35.5. The Kier molecular flexibility index (Phi) is 4.53. The number of anilines is 2. The minimum Gasteiger partial charge on any atom is -0.334 e. The van der Waals surface area contributed by atoms with Gasteiger partial charge in [0.1, 0.15) is 5.82 Å². The largest absolute Gasteiger partial charge is 0.334 e. The molecule has 0 aromatic heterocycles. The third-order valence-corrected chi connectivity index (χ3v) is 5.00. The fourth-order valence-corrected chi connectivity index (χ4v) is 3.61. The summed E-state index contributed by atoms with van der Waals surface area (Å²) < 4.78 is 13.7. The molecule has 1 aliphatic heterocycles. The zero-order chi connectivity index (χ0) is 18.1. The van der Waals surface area contributed by atoms with Gasteiger partial charge in [-0.2, -0.15) is 0 Å². The second kappa shape index (κ2) is 6.97. The number of nitrogens with zero attached hydrogens (tertiary/aromatic N) is 1. The van der Waals surface area contributed by atoms with Gasteiger partial charge in [-0.25, -0.2) is 9.38 Å². The van der Waals surface area contributed by atoms with E-state index in [0.717, 1.165) is 22.1 Å².